The summed E-state index contributed by atoms with van der Waals surface area (Å²) in [5, 5.41) is 3.27. The van der Waals surface area contributed by atoms with Crippen LogP contribution in [0.3, 0.4) is 0 Å². The highest BCUT2D eigenvalue weighted by atomic mass is 32.2. The molecule has 1 aromatic heterocycles. The van der Waals surface area contributed by atoms with Crippen molar-refractivity contribution in [2.75, 3.05) is 19.3 Å². The zero-order valence-electron chi connectivity index (χ0n) is 11.4. The van der Waals surface area contributed by atoms with Gasteiger partial charge in [-0.2, -0.15) is 11.8 Å². The second-order valence-electron chi connectivity index (χ2n) is 4.98. The van der Waals surface area contributed by atoms with Crippen molar-refractivity contribution in [3.8, 4) is 0 Å². The lowest BCUT2D eigenvalue weighted by Gasteiger charge is -2.23. The van der Waals surface area contributed by atoms with Gasteiger partial charge in [0.15, 0.2) is 0 Å². The summed E-state index contributed by atoms with van der Waals surface area (Å²) in [7, 11) is 2.03. The fourth-order valence-electron chi connectivity index (χ4n) is 2.46. The Balaban J connectivity index is 1.96. The third kappa shape index (κ3) is 3.69. The minimum Gasteiger partial charge on any atom is -0.319 e. The summed E-state index contributed by atoms with van der Waals surface area (Å²) in [5.74, 6) is 3.93. The molecule has 0 bridgehead atoms. The molecule has 1 unspecified atom stereocenters. The van der Waals surface area contributed by atoms with Gasteiger partial charge in [-0.05, 0) is 56.5 Å². The van der Waals surface area contributed by atoms with Crippen molar-refractivity contribution >= 4 is 11.8 Å². The highest BCUT2D eigenvalue weighted by Crippen LogP contribution is 2.24. The monoisotopic (exact) mass is 265 g/mol. The molecule has 2 rings (SSSR count). The second-order valence-corrected chi connectivity index (χ2v) is 6.08. The van der Waals surface area contributed by atoms with Crippen LogP contribution in [0.5, 0.6) is 0 Å². The Morgan fingerprint density at radius 1 is 1.50 bits per heavy atom. The number of aromatic nitrogens is 2. The summed E-state index contributed by atoms with van der Waals surface area (Å²) in [6, 6.07) is 0. The normalized spacial score (nSPS) is 18.7. The van der Waals surface area contributed by atoms with Crippen LogP contribution >= 0.6 is 11.8 Å². The zero-order chi connectivity index (χ0) is 12.8. The third-order valence-corrected chi connectivity index (χ3v) is 4.53. The molecule has 18 heavy (non-hydrogen) atoms. The van der Waals surface area contributed by atoms with Gasteiger partial charge in [-0.25, -0.2) is 9.97 Å². The molecule has 0 saturated heterocycles. The van der Waals surface area contributed by atoms with E-state index in [9.17, 15) is 0 Å². The van der Waals surface area contributed by atoms with Crippen LogP contribution < -0.4 is 5.32 Å². The van der Waals surface area contributed by atoms with Crippen LogP contribution in [-0.4, -0.2) is 29.3 Å². The van der Waals surface area contributed by atoms with Gasteiger partial charge < -0.3 is 5.32 Å². The Hall–Kier alpha value is -0.610. The number of thioether (sulfide) groups is 1. The predicted molar refractivity (Wildman–Crippen MR) is 77.9 cm³/mol. The van der Waals surface area contributed by atoms with E-state index in [1.807, 2.05) is 18.8 Å². The number of fused-ring (bicyclic) bond motifs is 1. The average Bonchev–Trinajstić information content (AvgIpc) is 2.39. The molecule has 0 radical (unpaired) electrons. The summed E-state index contributed by atoms with van der Waals surface area (Å²) in [6.07, 6.45) is 6.80. The van der Waals surface area contributed by atoms with Crippen molar-refractivity contribution in [2.45, 2.75) is 38.4 Å². The number of hydrogen-bond acceptors (Lipinski definition) is 4. The SMILES string of the molecule is CCCSCc1ncc2c(n1)CCC(CNC)C2. The maximum Gasteiger partial charge on any atom is 0.138 e. The van der Waals surface area contributed by atoms with E-state index >= 15 is 0 Å². The molecule has 1 aliphatic carbocycles. The molecule has 0 fully saturated rings. The van der Waals surface area contributed by atoms with Gasteiger partial charge in [0, 0.05) is 11.9 Å². The van der Waals surface area contributed by atoms with Gasteiger partial charge in [-0.1, -0.05) is 6.92 Å². The highest BCUT2D eigenvalue weighted by Gasteiger charge is 2.19. The Kier molecular flexibility index (Phi) is 5.45. The lowest BCUT2D eigenvalue weighted by atomic mass is 9.87. The van der Waals surface area contributed by atoms with Gasteiger partial charge in [0.05, 0.1) is 5.75 Å². The van der Waals surface area contributed by atoms with Crippen molar-refractivity contribution in [1.29, 1.82) is 0 Å². The molecule has 0 spiro atoms. The van der Waals surface area contributed by atoms with E-state index in [2.05, 4.69) is 23.4 Å². The first-order valence-corrected chi connectivity index (χ1v) is 8.05. The molecule has 1 N–H and O–H groups in total. The molecule has 3 nitrogen and oxygen atoms in total. The minimum atomic E-state index is 0.756. The second kappa shape index (κ2) is 7.10. The van der Waals surface area contributed by atoms with E-state index in [1.54, 1.807) is 0 Å². The van der Waals surface area contributed by atoms with E-state index in [-0.39, 0.29) is 0 Å². The van der Waals surface area contributed by atoms with Crippen LogP contribution in [0, 0.1) is 5.92 Å². The summed E-state index contributed by atoms with van der Waals surface area (Å²) in [6.45, 7) is 3.32. The van der Waals surface area contributed by atoms with Gasteiger partial charge in [0.25, 0.3) is 0 Å². The first-order chi connectivity index (χ1) is 8.83. The summed E-state index contributed by atoms with van der Waals surface area (Å²) in [5.41, 5.74) is 2.66. The molecule has 0 amide bonds. The van der Waals surface area contributed by atoms with E-state index in [0.29, 0.717) is 0 Å². The first kappa shape index (κ1) is 13.8. The number of hydrogen-bond donors (Lipinski definition) is 1. The van der Waals surface area contributed by atoms with Gasteiger partial charge in [0.1, 0.15) is 5.82 Å². The Bertz CT molecular complexity index is 381. The molecule has 1 aromatic rings. The largest absolute Gasteiger partial charge is 0.319 e. The van der Waals surface area contributed by atoms with Gasteiger partial charge in [-0.3, -0.25) is 0 Å². The molecule has 0 saturated carbocycles. The average molecular weight is 265 g/mol. The van der Waals surface area contributed by atoms with Gasteiger partial charge >= 0.3 is 0 Å². The Labute approximate surface area is 114 Å². The predicted octanol–water partition coefficient (Wildman–Crippen LogP) is 2.44. The van der Waals surface area contributed by atoms with Gasteiger partial charge in [0.2, 0.25) is 0 Å². The highest BCUT2D eigenvalue weighted by molar-refractivity contribution is 7.98. The molecular formula is C14H23N3S. The number of aryl methyl sites for hydroxylation is 1. The van der Waals surface area contributed by atoms with Crippen LogP contribution in [0.2, 0.25) is 0 Å². The van der Waals surface area contributed by atoms with Crippen LogP contribution in [-0.2, 0) is 18.6 Å². The molecule has 1 aliphatic rings. The first-order valence-electron chi connectivity index (χ1n) is 6.89. The molecule has 1 heterocycles. The standard InChI is InChI=1S/C14H23N3S/c1-3-6-18-10-14-16-9-12-7-11(8-15-2)4-5-13(12)17-14/h9,11,15H,3-8,10H2,1-2H3. The molecule has 0 aliphatic heterocycles. The topological polar surface area (TPSA) is 37.8 Å². The molecule has 0 aromatic carbocycles. The lowest BCUT2D eigenvalue weighted by Crippen LogP contribution is -2.25. The molecule has 4 heteroatoms. The van der Waals surface area contributed by atoms with Crippen molar-refractivity contribution in [3.63, 3.8) is 0 Å². The quantitative estimate of drug-likeness (QED) is 0.802. The summed E-state index contributed by atoms with van der Waals surface area (Å²) in [4.78, 5) is 9.23. The smallest absolute Gasteiger partial charge is 0.138 e. The number of rotatable bonds is 6. The van der Waals surface area contributed by atoms with Crippen LogP contribution in [0.15, 0.2) is 6.20 Å². The van der Waals surface area contributed by atoms with Crippen LogP contribution in [0.25, 0.3) is 0 Å². The van der Waals surface area contributed by atoms with E-state index in [4.69, 9.17) is 4.98 Å². The minimum absolute atomic E-state index is 0.756. The Morgan fingerprint density at radius 2 is 2.39 bits per heavy atom. The zero-order valence-corrected chi connectivity index (χ0v) is 12.2. The maximum atomic E-state index is 4.73. The fourth-order valence-corrected chi connectivity index (χ4v) is 3.22. The van der Waals surface area contributed by atoms with Crippen LogP contribution in [0.4, 0.5) is 0 Å². The molecular weight excluding hydrogens is 242 g/mol. The van der Waals surface area contributed by atoms with Gasteiger partial charge in [-0.15, -0.1) is 0 Å². The van der Waals surface area contributed by atoms with Crippen molar-refractivity contribution < 1.29 is 0 Å². The van der Waals surface area contributed by atoms with E-state index < -0.39 is 0 Å². The fraction of sp³-hybridized carbons (Fsp3) is 0.714. The van der Waals surface area contributed by atoms with E-state index in [0.717, 1.165) is 36.9 Å². The number of nitrogens with one attached hydrogen (secondary N) is 1. The molecule has 100 valence electrons. The summed E-state index contributed by atoms with van der Waals surface area (Å²) >= 11 is 1.93. The lowest BCUT2D eigenvalue weighted by molar-refractivity contribution is 0.433. The maximum absolute atomic E-state index is 4.73. The van der Waals surface area contributed by atoms with Crippen molar-refractivity contribution in [1.82, 2.24) is 15.3 Å². The third-order valence-electron chi connectivity index (χ3n) is 3.37. The molecule has 1 atom stereocenters. The van der Waals surface area contributed by atoms with Crippen LogP contribution in [0.1, 0.15) is 36.8 Å². The Morgan fingerprint density at radius 3 is 3.17 bits per heavy atom. The van der Waals surface area contributed by atoms with Crippen molar-refractivity contribution in [3.05, 3.63) is 23.3 Å². The van der Waals surface area contributed by atoms with E-state index in [1.165, 1.54) is 29.9 Å². The number of nitrogens with zero attached hydrogens (tertiary/aromatic N) is 2. The summed E-state index contributed by atoms with van der Waals surface area (Å²) < 4.78 is 0. The van der Waals surface area contributed by atoms with Crippen molar-refractivity contribution in [2.24, 2.45) is 5.92 Å².